The van der Waals surface area contributed by atoms with Crippen LogP contribution in [0.1, 0.15) is 19.8 Å². The highest BCUT2D eigenvalue weighted by Crippen LogP contribution is 2.17. The lowest BCUT2D eigenvalue weighted by Gasteiger charge is -2.36. The number of ether oxygens (including phenoxy) is 1. The predicted molar refractivity (Wildman–Crippen MR) is 57.6 cm³/mol. The summed E-state index contributed by atoms with van der Waals surface area (Å²) < 4.78 is 5.41. The van der Waals surface area contributed by atoms with E-state index >= 15 is 0 Å². The van der Waals surface area contributed by atoms with Crippen molar-refractivity contribution in [3.05, 3.63) is 0 Å². The summed E-state index contributed by atoms with van der Waals surface area (Å²) in [5.41, 5.74) is 0. The molecule has 0 aromatic rings. The summed E-state index contributed by atoms with van der Waals surface area (Å²) in [6, 6.07) is 0.298. The predicted octanol–water partition coefficient (Wildman–Crippen LogP) is 0.233. The normalized spacial score (nSPS) is 31.9. The molecular weight excluding hydrogens is 192 g/mol. The van der Waals surface area contributed by atoms with Crippen LogP contribution in [-0.4, -0.2) is 49.7 Å². The molecule has 0 spiro atoms. The maximum atomic E-state index is 12.2. The molecule has 1 N–H and O–H groups in total. The van der Waals surface area contributed by atoms with Gasteiger partial charge in [0.25, 0.3) is 0 Å². The summed E-state index contributed by atoms with van der Waals surface area (Å²) in [5.74, 6) is 0.535. The summed E-state index contributed by atoms with van der Waals surface area (Å²) in [5, 5.41) is 3.25. The molecule has 0 saturated carbocycles. The zero-order chi connectivity index (χ0) is 10.7. The minimum atomic E-state index is 0.206. The minimum absolute atomic E-state index is 0.206. The molecule has 2 fully saturated rings. The number of amides is 1. The Morgan fingerprint density at radius 2 is 2.47 bits per heavy atom. The van der Waals surface area contributed by atoms with Crippen LogP contribution in [0.25, 0.3) is 0 Å². The molecule has 0 radical (unpaired) electrons. The van der Waals surface area contributed by atoms with E-state index in [0.717, 1.165) is 32.5 Å². The van der Waals surface area contributed by atoms with E-state index in [-0.39, 0.29) is 5.92 Å². The fourth-order valence-corrected chi connectivity index (χ4v) is 2.38. The van der Waals surface area contributed by atoms with Gasteiger partial charge in [-0.1, -0.05) is 6.92 Å². The lowest BCUT2D eigenvalue weighted by Crippen LogP contribution is -2.50. The summed E-state index contributed by atoms with van der Waals surface area (Å²) in [6.45, 7) is 6.13. The number of hydrogen-bond donors (Lipinski definition) is 1. The number of carbonyl (C=O) groups is 1. The van der Waals surface area contributed by atoms with E-state index in [1.165, 1.54) is 0 Å². The lowest BCUT2D eigenvalue weighted by molar-refractivity contribution is -0.143. The van der Waals surface area contributed by atoms with E-state index in [1.807, 2.05) is 4.90 Å². The second-order valence-electron chi connectivity index (χ2n) is 4.36. The lowest BCUT2D eigenvalue weighted by atomic mass is 10.0. The molecule has 2 unspecified atom stereocenters. The Balaban J connectivity index is 1.96. The SMILES string of the molecule is CCC1COCCN1C(=O)C1CCNC1. The Bertz CT molecular complexity index is 227. The third-order valence-electron chi connectivity index (χ3n) is 3.39. The van der Waals surface area contributed by atoms with E-state index in [1.54, 1.807) is 0 Å². The van der Waals surface area contributed by atoms with Crippen molar-refractivity contribution >= 4 is 5.91 Å². The van der Waals surface area contributed by atoms with Crippen molar-refractivity contribution in [2.45, 2.75) is 25.8 Å². The van der Waals surface area contributed by atoms with Crippen LogP contribution < -0.4 is 5.32 Å². The number of hydrogen-bond acceptors (Lipinski definition) is 3. The number of morpholine rings is 1. The smallest absolute Gasteiger partial charge is 0.227 e. The van der Waals surface area contributed by atoms with Crippen molar-refractivity contribution in [1.82, 2.24) is 10.2 Å². The van der Waals surface area contributed by atoms with Crippen LogP contribution in [0.5, 0.6) is 0 Å². The molecular formula is C11H20N2O2. The largest absolute Gasteiger partial charge is 0.377 e. The van der Waals surface area contributed by atoms with Gasteiger partial charge in [-0.25, -0.2) is 0 Å². The fourth-order valence-electron chi connectivity index (χ4n) is 2.38. The molecule has 2 aliphatic rings. The quantitative estimate of drug-likeness (QED) is 0.712. The molecule has 4 heteroatoms. The van der Waals surface area contributed by atoms with Crippen LogP contribution in [0.3, 0.4) is 0 Å². The van der Waals surface area contributed by atoms with Gasteiger partial charge in [0.05, 0.1) is 25.2 Å². The zero-order valence-electron chi connectivity index (χ0n) is 9.37. The molecule has 2 aliphatic heterocycles. The fraction of sp³-hybridized carbons (Fsp3) is 0.909. The zero-order valence-corrected chi connectivity index (χ0v) is 9.37. The third kappa shape index (κ3) is 2.32. The van der Waals surface area contributed by atoms with Crippen LogP contribution in [-0.2, 0) is 9.53 Å². The van der Waals surface area contributed by atoms with Crippen molar-refractivity contribution in [3.8, 4) is 0 Å². The molecule has 0 aromatic carbocycles. The molecule has 1 amide bonds. The second kappa shape index (κ2) is 4.94. The Labute approximate surface area is 91.0 Å². The van der Waals surface area contributed by atoms with Crippen molar-refractivity contribution in [2.24, 2.45) is 5.92 Å². The van der Waals surface area contributed by atoms with Gasteiger partial charge in [-0.3, -0.25) is 4.79 Å². The average molecular weight is 212 g/mol. The Kier molecular flexibility index (Phi) is 3.59. The highest BCUT2D eigenvalue weighted by atomic mass is 16.5. The van der Waals surface area contributed by atoms with E-state index in [9.17, 15) is 4.79 Å². The summed E-state index contributed by atoms with van der Waals surface area (Å²) >= 11 is 0. The van der Waals surface area contributed by atoms with Crippen molar-refractivity contribution in [3.63, 3.8) is 0 Å². The topological polar surface area (TPSA) is 41.6 Å². The van der Waals surface area contributed by atoms with E-state index < -0.39 is 0 Å². The van der Waals surface area contributed by atoms with E-state index in [4.69, 9.17) is 4.74 Å². The van der Waals surface area contributed by atoms with Crippen molar-refractivity contribution in [2.75, 3.05) is 32.8 Å². The molecule has 2 atom stereocenters. The van der Waals surface area contributed by atoms with E-state index in [2.05, 4.69) is 12.2 Å². The maximum absolute atomic E-state index is 12.2. The molecule has 2 saturated heterocycles. The monoisotopic (exact) mass is 212 g/mol. The summed E-state index contributed by atoms with van der Waals surface area (Å²) in [6.07, 6.45) is 1.98. The third-order valence-corrected chi connectivity index (χ3v) is 3.39. The molecule has 0 bridgehead atoms. The van der Waals surface area contributed by atoms with Gasteiger partial charge >= 0.3 is 0 Å². The van der Waals surface area contributed by atoms with Gasteiger partial charge in [0.2, 0.25) is 5.91 Å². The van der Waals surface area contributed by atoms with Crippen molar-refractivity contribution < 1.29 is 9.53 Å². The number of nitrogens with zero attached hydrogens (tertiary/aromatic N) is 1. The highest BCUT2D eigenvalue weighted by molar-refractivity contribution is 5.79. The molecule has 4 nitrogen and oxygen atoms in total. The van der Waals surface area contributed by atoms with Gasteiger partial charge in [0, 0.05) is 13.1 Å². The molecule has 0 aromatic heterocycles. The van der Waals surface area contributed by atoms with Crippen LogP contribution in [0.15, 0.2) is 0 Å². The molecule has 2 heterocycles. The highest BCUT2D eigenvalue weighted by Gasteiger charge is 2.32. The van der Waals surface area contributed by atoms with Crippen molar-refractivity contribution in [1.29, 1.82) is 0 Å². The van der Waals surface area contributed by atoms with Crippen LogP contribution in [0.4, 0.5) is 0 Å². The van der Waals surface area contributed by atoms with Crippen LogP contribution in [0.2, 0.25) is 0 Å². The Hall–Kier alpha value is -0.610. The minimum Gasteiger partial charge on any atom is -0.377 e. The van der Waals surface area contributed by atoms with E-state index in [0.29, 0.717) is 25.2 Å². The van der Waals surface area contributed by atoms with Gasteiger partial charge < -0.3 is 15.0 Å². The molecule has 0 aliphatic carbocycles. The molecule has 15 heavy (non-hydrogen) atoms. The molecule has 86 valence electrons. The summed E-state index contributed by atoms with van der Waals surface area (Å²) in [4.78, 5) is 14.2. The number of rotatable bonds is 2. The van der Waals surface area contributed by atoms with Gasteiger partial charge in [-0.05, 0) is 19.4 Å². The standard InChI is InChI=1S/C11H20N2O2/c1-2-10-8-15-6-5-13(10)11(14)9-3-4-12-7-9/h9-10,12H,2-8H2,1H3. The first-order chi connectivity index (χ1) is 7.33. The second-order valence-corrected chi connectivity index (χ2v) is 4.36. The Morgan fingerprint density at radius 1 is 1.60 bits per heavy atom. The first-order valence-electron chi connectivity index (χ1n) is 5.92. The average Bonchev–Trinajstić information content (AvgIpc) is 2.81. The van der Waals surface area contributed by atoms with Gasteiger partial charge in [0.15, 0.2) is 0 Å². The first kappa shape index (κ1) is 10.9. The molecule has 2 rings (SSSR count). The summed E-state index contributed by atoms with van der Waals surface area (Å²) in [7, 11) is 0. The van der Waals surface area contributed by atoms with Gasteiger partial charge in [-0.2, -0.15) is 0 Å². The van der Waals surface area contributed by atoms with Gasteiger partial charge in [-0.15, -0.1) is 0 Å². The maximum Gasteiger partial charge on any atom is 0.227 e. The number of carbonyl (C=O) groups excluding carboxylic acids is 1. The Morgan fingerprint density at radius 3 is 3.13 bits per heavy atom. The first-order valence-corrected chi connectivity index (χ1v) is 5.92. The van der Waals surface area contributed by atoms with Crippen LogP contribution >= 0.6 is 0 Å². The number of nitrogens with one attached hydrogen (secondary N) is 1. The van der Waals surface area contributed by atoms with Crippen LogP contribution in [0, 0.1) is 5.92 Å². The van der Waals surface area contributed by atoms with Gasteiger partial charge in [0.1, 0.15) is 0 Å².